The minimum atomic E-state index is 0.0388. The highest BCUT2D eigenvalue weighted by atomic mass is 15.2. The fraction of sp³-hybridized carbons (Fsp3) is 0.571. The van der Waals surface area contributed by atoms with Crippen molar-refractivity contribution in [2.75, 3.05) is 6.54 Å². The molecule has 0 radical (unpaired) electrons. The molecule has 0 aromatic carbocycles. The summed E-state index contributed by atoms with van der Waals surface area (Å²) in [5.41, 5.74) is 7.24. The van der Waals surface area contributed by atoms with Gasteiger partial charge in [0.2, 0.25) is 0 Å². The van der Waals surface area contributed by atoms with E-state index in [9.17, 15) is 0 Å². The van der Waals surface area contributed by atoms with E-state index in [0.717, 1.165) is 19.0 Å². The molecule has 1 saturated heterocycles. The summed E-state index contributed by atoms with van der Waals surface area (Å²) in [6.45, 7) is 6.68. The van der Waals surface area contributed by atoms with Gasteiger partial charge >= 0.3 is 0 Å². The highest BCUT2D eigenvalue weighted by Crippen LogP contribution is 2.23. The Morgan fingerprint density at radius 3 is 3.00 bits per heavy atom. The lowest BCUT2D eigenvalue weighted by molar-refractivity contribution is 0.117. The van der Waals surface area contributed by atoms with Gasteiger partial charge in [-0.1, -0.05) is 6.92 Å². The van der Waals surface area contributed by atoms with Gasteiger partial charge in [0, 0.05) is 25.3 Å². The van der Waals surface area contributed by atoms with Crippen LogP contribution < -0.4 is 5.73 Å². The Balaban J connectivity index is 2.08. The number of nitrogen functional groups attached to an aromatic ring is 1. The van der Waals surface area contributed by atoms with Crippen LogP contribution in [0.25, 0.3) is 0 Å². The number of pyridine rings is 1. The number of hydrogen-bond donors (Lipinski definition) is 2. The van der Waals surface area contributed by atoms with Crippen molar-refractivity contribution >= 4 is 5.84 Å². The van der Waals surface area contributed by atoms with E-state index in [2.05, 4.69) is 23.7 Å². The first-order valence-electron chi connectivity index (χ1n) is 6.59. The van der Waals surface area contributed by atoms with Crippen molar-refractivity contribution in [3.63, 3.8) is 0 Å². The Morgan fingerprint density at radius 2 is 2.28 bits per heavy atom. The molecule has 1 aliphatic rings. The van der Waals surface area contributed by atoms with Gasteiger partial charge in [-0.05, 0) is 43.4 Å². The third-order valence-electron chi connectivity index (χ3n) is 3.73. The summed E-state index contributed by atoms with van der Waals surface area (Å²) in [6.07, 6.45) is 4.34. The Labute approximate surface area is 109 Å². The molecule has 2 heterocycles. The molecule has 2 unspecified atom stereocenters. The van der Waals surface area contributed by atoms with Gasteiger partial charge in [0.25, 0.3) is 0 Å². The molecule has 3 N–H and O–H groups in total. The predicted octanol–water partition coefficient (Wildman–Crippen LogP) is 1.99. The minimum Gasteiger partial charge on any atom is -0.382 e. The van der Waals surface area contributed by atoms with Gasteiger partial charge in [-0.15, -0.1) is 0 Å². The number of nitrogens with zero attached hydrogens (tertiary/aromatic N) is 2. The summed E-state index contributed by atoms with van der Waals surface area (Å²) in [7, 11) is 0. The van der Waals surface area contributed by atoms with Crippen LogP contribution in [0.15, 0.2) is 18.3 Å². The molecule has 2 rings (SSSR count). The van der Waals surface area contributed by atoms with E-state index >= 15 is 0 Å². The second-order valence-electron chi connectivity index (χ2n) is 5.42. The maximum atomic E-state index is 7.42. The van der Waals surface area contributed by atoms with Crippen LogP contribution in [0.3, 0.4) is 0 Å². The molecule has 0 saturated carbocycles. The van der Waals surface area contributed by atoms with Crippen molar-refractivity contribution in [3.05, 3.63) is 29.6 Å². The lowest BCUT2D eigenvalue weighted by atomic mass is 9.94. The van der Waals surface area contributed by atoms with Gasteiger partial charge in [0.15, 0.2) is 0 Å². The Hall–Kier alpha value is -1.42. The van der Waals surface area contributed by atoms with E-state index in [-0.39, 0.29) is 5.84 Å². The predicted molar refractivity (Wildman–Crippen MR) is 73.5 cm³/mol. The molecular weight excluding hydrogens is 224 g/mol. The molecular formula is C14H22N4. The highest BCUT2D eigenvalue weighted by Gasteiger charge is 2.22. The van der Waals surface area contributed by atoms with Gasteiger partial charge < -0.3 is 5.73 Å². The zero-order valence-corrected chi connectivity index (χ0v) is 11.2. The van der Waals surface area contributed by atoms with Crippen molar-refractivity contribution in [1.29, 1.82) is 5.41 Å². The molecule has 98 valence electrons. The fourth-order valence-corrected chi connectivity index (χ4v) is 2.55. The third kappa shape index (κ3) is 3.07. The molecule has 2 atom stereocenters. The van der Waals surface area contributed by atoms with Crippen LogP contribution >= 0.6 is 0 Å². The molecule has 1 aliphatic heterocycles. The normalized spacial score (nSPS) is 25.0. The maximum Gasteiger partial charge on any atom is 0.141 e. The van der Waals surface area contributed by atoms with Crippen LogP contribution in [0, 0.1) is 11.3 Å². The van der Waals surface area contributed by atoms with Crippen molar-refractivity contribution in [2.45, 2.75) is 39.3 Å². The van der Waals surface area contributed by atoms with E-state index in [1.807, 2.05) is 12.1 Å². The number of amidine groups is 1. The summed E-state index contributed by atoms with van der Waals surface area (Å²) < 4.78 is 0. The molecule has 4 heteroatoms. The quantitative estimate of drug-likeness (QED) is 0.633. The van der Waals surface area contributed by atoms with E-state index in [0.29, 0.717) is 11.7 Å². The molecule has 1 aromatic heterocycles. The molecule has 0 spiro atoms. The minimum absolute atomic E-state index is 0.0388. The average Bonchev–Trinajstić information content (AvgIpc) is 2.34. The first kappa shape index (κ1) is 13.0. The summed E-state index contributed by atoms with van der Waals surface area (Å²) in [6, 6.07) is 4.57. The first-order valence-corrected chi connectivity index (χ1v) is 6.59. The topological polar surface area (TPSA) is 66.0 Å². The fourth-order valence-electron chi connectivity index (χ4n) is 2.55. The molecule has 0 amide bonds. The van der Waals surface area contributed by atoms with Crippen LogP contribution in [0.4, 0.5) is 0 Å². The standard InChI is InChI=1S/C14H22N4/c1-10-3-4-11(2)18(8-10)9-12-5-6-17-13(7-12)14(15)16/h5-7,10-11H,3-4,8-9H2,1-2H3,(H3,15,16). The van der Waals surface area contributed by atoms with Gasteiger partial charge in [-0.3, -0.25) is 15.3 Å². The first-order chi connectivity index (χ1) is 8.56. The number of hydrogen-bond acceptors (Lipinski definition) is 3. The van der Waals surface area contributed by atoms with Crippen molar-refractivity contribution in [3.8, 4) is 0 Å². The monoisotopic (exact) mass is 246 g/mol. The van der Waals surface area contributed by atoms with Gasteiger partial charge in [0.1, 0.15) is 11.5 Å². The number of nitrogens with one attached hydrogen (secondary N) is 1. The zero-order valence-electron chi connectivity index (χ0n) is 11.2. The second-order valence-corrected chi connectivity index (χ2v) is 5.42. The number of rotatable bonds is 3. The van der Waals surface area contributed by atoms with Crippen LogP contribution in [-0.2, 0) is 6.54 Å². The average molecular weight is 246 g/mol. The summed E-state index contributed by atoms with van der Waals surface area (Å²) in [4.78, 5) is 6.61. The summed E-state index contributed by atoms with van der Waals surface area (Å²) in [5.74, 6) is 0.812. The van der Waals surface area contributed by atoms with E-state index in [4.69, 9.17) is 11.1 Å². The summed E-state index contributed by atoms with van der Waals surface area (Å²) >= 11 is 0. The van der Waals surface area contributed by atoms with Crippen LogP contribution in [0.2, 0.25) is 0 Å². The Bertz CT molecular complexity index is 430. The van der Waals surface area contributed by atoms with Crippen molar-refractivity contribution in [1.82, 2.24) is 9.88 Å². The number of piperidine rings is 1. The van der Waals surface area contributed by atoms with Crippen LogP contribution in [-0.4, -0.2) is 28.3 Å². The van der Waals surface area contributed by atoms with Crippen molar-refractivity contribution in [2.24, 2.45) is 11.7 Å². The molecule has 1 fully saturated rings. The largest absolute Gasteiger partial charge is 0.382 e. The van der Waals surface area contributed by atoms with Gasteiger partial charge in [-0.2, -0.15) is 0 Å². The van der Waals surface area contributed by atoms with Gasteiger partial charge in [-0.25, -0.2) is 0 Å². The maximum absolute atomic E-state index is 7.42. The smallest absolute Gasteiger partial charge is 0.141 e. The number of aromatic nitrogens is 1. The molecule has 0 aliphatic carbocycles. The summed E-state index contributed by atoms with van der Waals surface area (Å²) in [5, 5.41) is 7.42. The van der Waals surface area contributed by atoms with Crippen LogP contribution in [0.1, 0.15) is 37.9 Å². The third-order valence-corrected chi connectivity index (χ3v) is 3.73. The van der Waals surface area contributed by atoms with E-state index < -0.39 is 0 Å². The molecule has 0 bridgehead atoms. The lowest BCUT2D eigenvalue weighted by Crippen LogP contribution is -2.40. The number of nitrogens with two attached hydrogens (primary N) is 1. The zero-order chi connectivity index (χ0) is 13.1. The Morgan fingerprint density at radius 1 is 1.50 bits per heavy atom. The van der Waals surface area contributed by atoms with Crippen molar-refractivity contribution < 1.29 is 0 Å². The van der Waals surface area contributed by atoms with E-state index in [1.54, 1.807) is 6.20 Å². The Kier molecular flexibility index (Phi) is 3.97. The molecule has 1 aromatic rings. The van der Waals surface area contributed by atoms with E-state index in [1.165, 1.54) is 18.4 Å². The second kappa shape index (κ2) is 5.48. The van der Waals surface area contributed by atoms with Gasteiger partial charge in [0.05, 0.1) is 0 Å². The number of likely N-dealkylation sites (tertiary alicyclic amines) is 1. The molecule has 18 heavy (non-hydrogen) atoms. The lowest BCUT2D eigenvalue weighted by Gasteiger charge is -2.36. The highest BCUT2D eigenvalue weighted by molar-refractivity contribution is 5.93. The SMILES string of the molecule is CC1CCC(C)N(Cc2ccnc(C(=N)N)c2)C1. The van der Waals surface area contributed by atoms with Crippen LogP contribution in [0.5, 0.6) is 0 Å². The molecule has 4 nitrogen and oxygen atoms in total.